The van der Waals surface area contributed by atoms with Crippen molar-refractivity contribution in [3.8, 4) is 17.3 Å². The highest BCUT2D eigenvalue weighted by Crippen LogP contribution is 2.32. The molecule has 4 heteroatoms. The minimum atomic E-state index is 0.547. The zero-order valence-corrected chi connectivity index (χ0v) is 11.3. The Morgan fingerprint density at radius 3 is 2.63 bits per heavy atom. The van der Waals surface area contributed by atoms with E-state index in [9.17, 15) is 0 Å². The Bertz CT molecular complexity index is 591. The van der Waals surface area contributed by atoms with E-state index in [2.05, 4.69) is 11.4 Å². The molecule has 0 saturated carbocycles. The Morgan fingerprint density at radius 2 is 1.95 bits per heavy atom. The van der Waals surface area contributed by atoms with Crippen LogP contribution in [0.25, 0.3) is 11.3 Å². The third-order valence-electron chi connectivity index (χ3n) is 3.40. The monoisotopic (exact) mass is 270 g/mol. The molecule has 1 aromatic carbocycles. The van der Waals surface area contributed by atoms with Crippen LogP contribution in [0.1, 0.15) is 29.3 Å². The van der Waals surface area contributed by atoms with Gasteiger partial charge in [-0.25, -0.2) is 4.98 Å². The molecule has 19 heavy (non-hydrogen) atoms. The van der Waals surface area contributed by atoms with Gasteiger partial charge in [-0.1, -0.05) is 12.1 Å². The van der Waals surface area contributed by atoms with Gasteiger partial charge in [-0.05, 0) is 25.0 Å². The summed E-state index contributed by atoms with van der Waals surface area (Å²) in [5, 5.41) is 12.1. The van der Waals surface area contributed by atoms with E-state index in [1.807, 2.05) is 24.3 Å². The standard InChI is InChI=1S/C15H14N2OS/c16-9-11-1-3-12(4-2-11)14-10-19-15(17-14)13-5-7-18-8-6-13/h1-4,10,13H,5-8H2. The first-order valence-corrected chi connectivity index (χ1v) is 7.28. The molecular formula is C15H14N2OS. The van der Waals surface area contributed by atoms with Crippen molar-refractivity contribution in [3.05, 3.63) is 40.2 Å². The Kier molecular flexibility index (Phi) is 3.58. The Morgan fingerprint density at radius 1 is 1.21 bits per heavy atom. The van der Waals surface area contributed by atoms with E-state index < -0.39 is 0 Å². The molecule has 0 unspecified atom stereocenters. The molecule has 0 bridgehead atoms. The summed E-state index contributed by atoms with van der Waals surface area (Å²) in [6.07, 6.45) is 2.14. The van der Waals surface area contributed by atoms with Crippen molar-refractivity contribution < 1.29 is 4.74 Å². The number of hydrogen-bond donors (Lipinski definition) is 0. The molecule has 2 aromatic rings. The molecule has 1 aliphatic rings. The van der Waals surface area contributed by atoms with E-state index >= 15 is 0 Å². The van der Waals surface area contributed by atoms with Crippen LogP contribution in [-0.4, -0.2) is 18.2 Å². The van der Waals surface area contributed by atoms with Crippen LogP contribution in [0.15, 0.2) is 29.6 Å². The highest BCUT2D eigenvalue weighted by Gasteiger charge is 2.19. The number of thiazole rings is 1. The molecule has 1 fully saturated rings. The zero-order valence-electron chi connectivity index (χ0n) is 10.5. The maximum atomic E-state index is 8.80. The van der Waals surface area contributed by atoms with Crippen molar-refractivity contribution in [2.75, 3.05) is 13.2 Å². The second kappa shape index (κ2) is 5.52. The second-order valence-corrected chi connectivity index (χ2v) is 5.54. The fourth-order valence-electron chi connectivity index (χ4n) is 2.27. The summed E-state index contributed by atoms with van der Waals surface area (Å²) in [5.41, 5.74) is 2.77. The Balaban J connectivity index is 1.81. The summed E-state index contributed by atoms with van der Waals surface area (Å²) in [4.78, 5) is 4.74. The van der Waals surface area contributed by atoms with Gasteiger partial charge in [0.05, 0.1) is 22.3 Å². The van der Waals surface area contributed by atoms with Crippen LogP contribution in [0.2, 0.25) is 0 Å². The van der Waals surface area contributed by atoms with Crippen LogP contribution in [0.3, 0.4) is 0 Å². The van der Waals surface area contributed by atoms with E-state index in [1.165, 1.54) is 5.01 Å². The van der Waals surface area contributed by atoms with E-state index in [4.69, 9.17) is 15.0 Å². The van der Waals surface area contributed by atoms with Gasteiger partial charge in [-0.2, -0.15) is 5.26 Å². The summed E-state index contributed by atoms with van der Waals surface area (Å²) in [5.74, 6) is 0.547. The molecule has 96 valence electrons. The summed E-state index contributed by atoms with van der Waals surface area (Å²) in [6, 6.07) is 9.72. The van der Waals surface area contributed by atoms with Crippen LogP contribution in [0.5, 0.6) is 0 Å². The Hall–Kier alpha value is -1.70. The first kappa shape index (κ1) is 12.3. The van der Waals surface area contributed by atoms with Crippen LogP contribution >= 0.6 is 11.3 Å². The third-order valence-corrected chi connectivity index (χ3v) is 4.41. The molecule has 0 spiro atoms. The predicted octanol–water partition coefficient (Wildman–Crippen LogP) is 3.58. The molecule has 3 nitrogen and oxygen atoms in total. The van der Waals surface area contributed by atoms with Gasteiger partial charge in [0.15, 0.2) is 0 Å². The van der Waals surface area contributed by atoms with E-state index in [0.29, 0.717) is 11.5 Å². The summed E-state index contributed by atoms with van der Waals surface area (Å²) >= 11 is 1.73. The summed E-state index contributed by atoms with van der Waals surface area (Å²) in [7, 11) is 0. The highest BCUT2D eigenvalue weighted by molar-refractivity contribution is 7.10. The SMILES string of the molecule is N#Cc1ccc(-c2csc(C3CCOCC3)n2)cc1. The third kappa shape index (κ3) is 2.67. The predicted molar refractivity (Wildman–Crippen MR) is 75.1 cm³/mol. The minimum Gasteiger partial charge on any atom is -0.381 e. The number of rotatable bonds is 2. The number of benzene rings is 1. The highest BCUT2D eigenvalue weighted by atomic mass is 32.1. The average Bonchev–Trinajstić information content (AvgIpc) is 2.98. The van der Waals surface area contributed by atoms with Crippen molar-refractivity contribution in [2.24, 2.45) is 0 Å². The number of nitrogens with zero attached hydrogens (tertiary/aromatic N) is 2. The topological polar surface area (TPSA) is 45.9 Å². The number of hydrogen-bond acceptors (Lipinski definition) is 4. The van der Waals surface area contributed by atoms with Gasteiger partial charge in [0.2, 0.25) is 0 Å². The maximum Gasteiger partial charge on any atom is 0.0991 e. The normalized spacial score (nSPS) is 16.2. The Labute approximate surface area is 116 Å². The molecule has 3 rings (SSSR count). The number of aromatic nitrogens is 1. The van der Waals surface area contributed by atoms with E-state index in [1.54, 1.807) is 11.3 Å². The largest absolute Gasteiger partial charge is 0.381 e. The minimum absolute atomic E-state index is 0.547. The van der Waals surface area contributed by atoms with Gasteiger partial charge in [0.25, 0.3) is 0 Å². The molecular weight excluding hydrogens is 256 g/mol. The molecule has 0 N–H and O–H groups in total. The van der Waals surface area contributed by atoms with Crippen molar-refractivity contribution in [1.29, 1.82) is 5.26 Å². The molecule has 1 aromatic heterocycles. The van der Waals surface area contributed by atoms with Crippen LogP contribution in [0.4, 0.5) is 0 Å². The lowest BCUT2D eigenvalue weighted by molar-refractivity contribution is 0.0853. The van der Waals surface area contributed by atoms with Gasteiger partial charge in [-0.3, -0.25) is 0 Å². The van der Waals surface area contributed by atoms with Crippen molar-refractivity contribution >= 4 is 11.3 Å². The maximum absolute atomic E-state index is 8.80. The van der Waals surface area contributed by atoms with Crippen molar-refractivity contribution in [3.63, 3.8) is 0 Å². The van der Waals surface area contributed by atoms with Gasteiger partial charge in [-0.15, -0.1) is 11.3 Å². The van der Waals surface area contributed by atoms with Crippen LogP contribution in [0, 0.1) is 11.3 Å². The lowest BCUT2D eigenvalue weighted by Crippen LogP contribution is -2.13. The summed E-state index contributed by atoms with van der Waals surface area (Å²) in [6.45, 7) is 1.69. The molecule has 0 radical (unpaired) electrons. The van der Waals surface area contributed by atoms with Crippen molar-refractivity contribution in [2.45, 2.75) is 18.8 Å². The zero-order chi connectivity index (χ0) is 13.1. The average molecular weight is 270 g/mol. The lowest BCUT2D eigenvalue weighted by atomic mass is 10.0. The van der Waals surface area contributed by atoms with Gasteiger partial charge >= 0.3 is 0 Å². The van der Waals surface area contributed by atoms with Gasteiger partial charge < -0.3 is 4.74 Å². The molecule has 0 aliphatic carbocycles. The second-order valence-electron chi connectivity index (χ2n) is 4.65. The van der Waals surface area contributed by atoms with Gasteiger partial charge in [0, 0.05) is 30.1 Å². The van der Waals surface area contributed by atoms with E-state index in [-0.39, 0.29) is 0 Å². The van der Waals surface area contributed by atoms with Crippen LogP contribution < -0.4 is 0 Å². The first-order chi connectivity index (χ1) is 9.36. The van der Waals surface area contributed by atoms with Crippen molar-refractivity contribution in [1.82, 2.24) is 4.98 Å². The molecule has 1 aliphatic heterocycles. The molecule has 2 heterocycles. The van der Waals surface area contributed by atoms with Gasteiger partial charge in [0.1, 0.15) is 0 Å². The fraction of sp³-hybridized carbons (Fsp3) is 0.333. The first-order valence-electron chi connectivity index (χ1n) is 6.40. The smallest absolute Gasteiger partial charge is 0.0991 e. The van der Waals surface area contributed by atoms with E-state index in [0.717, 1.165) is 37.3 Å². The number of nitriles is 1. The quantitative estimate of drug-likeness (QED) is 0.838. The molecule has 0 amide bonds. The summed E-state index contributed by atoms with van der Waals surface area (Å²) < 4.78 is 5.38. The molecule has 0 atom stereocenters. The number of ether oxygens (including phenoxy) is 1. The fourth-order valence-corrected chi connectivity index (χ4v) is 3.27. The molecule has 1 saturated heterocycles. The van der Waals surface area contributed by atoms with Crippen LogP contribution in [-0.2, 0) is 4.74 Å². The lowest BCUT2D eigenvalue weighted by Gasteiger charge is -2.19.